The largest absolute Gasteiger partial charge is 0.337 e. The van der Waals surface area contributed by atoms with E-state index in [1.54, 1.807) is 0 Å². The van der Waals surface area contributed by atoms with E-state index in [0.29, 0.717) is 24.0 Å². The van der Waals surface area contributed by atoms with Gasteiger partial charge in [0, 0.05) is 18.4 Å². The van der Waals surface area contributed by atoms with Crippen molar-refractivity contribution in [1.82, 2.24) is 19.7 Å². The van der Waals surface area contributed by atoms with Crippen LogP contribution in [0, 0.1) is 0 Å². The number of hydrogen-bond acceptors (Lipinski definition) is 5. The summed E-state index contributed by atoms with van der Waals surface area (Å²) >= 11 is 5.77. The van der Waals surface area contributed by atoms with Gasteiger partial charge in [-0.05, 0) is 0 Å². The molecule has 2 rings (SSSR count). The highest BCUT2D eigenvalue weighted by molar-refractivity contribution is 6.29. The summed E-state index contributed by atoms with van der Waals surface area (Å²) < 4.78 is 6.62. The van der Waals surface area contributed by atoms with Crippen molar-refractivity contribution in [3.05, 3.63) is 39.1 Å². The minimum absolute atomic E-state index is 0.184. The molecule has 0 saturated heterocycles. The Kier molecular flexibility index (Phi) is 3.99. The smallest absolute Gasteiger partial charge is 0.255 e. The lowest BCUT2D eigenvalue weighted by molar-refractivity contribution is 0.361. The maximum Gasteiger partial charge on any atom is 0.255 e. The molecule has 0 spiro atoms. The van der Waals surface area contributed by atoms with Crippen LogP contribution in [-0.2, 0) is 13.0 Å². The molecule has 0 fully saturated rings. The van der Waals surface area contributed by atoms with E-state index in [0.717, 1.165) is 0 Å². The molecule has 102 valence electrons. The molecule has 0 atom stereocenters. The number of rotatable bonds is 4. The third-order valence-corrected chi connectivity index (χ3v) is 2.86. The first kappa shape index (κ1) is 13.7. The van der Waals surface area contributed by atoms with Gasteiger partial charge in [-0.15, -0.1) is 0 Å². The third-order valence-electron chi connectivity index (χ3n) is 2.67. The van der Waals surface area contributed by atoms with Gasteiger partial charge in [-0.1, -0.05) is 37.5 Å². The summed E-state index contributed by atoms with van der Waals surface area (Å²) in [6.07, 6.45) is 0.598. The zero-order valence-corrected chi connectivity index (χ0v) is 11.8. The molecule has 0 amide bonds. The second-order valence-corrected chi connectivity index (χ2v) is 4.86. The van der Waals surface area contributed by atoms with Crippen LogP contribution in [0.3, 0.4) is 0 Å². The number of aromatic nitrogens is 4. The molecule has 19 heavy (non-hydrogen) atoms. The van der Waals surface area contributed by atoms with E-state index in [1.807, 2.05) is 20.8 Å². The van der Waals surface area contributed by atoms with E-state index in [4.69, 9.17) is 16.1 Å². The van der Waals surface area contributed by atoms with Crippen LogP contribution in [0.4, 0.5) is 0 Å². The van der Waals surface area contributed by atoms with Gasteiger partial charge in [0.1, 0.15) is 17.5 Å². The fraction of sp³-hybridized carbons (Fsp3) is 0.500. The minimum atomic E-state index is -0.221. The zero-order chi connectivity index (χ0) is 14.0. The van der Waals surface area contributed by atoms with Crippen molar-refractivity contribution in [2.24, 2.45) is 0 Å². The Bertz CT molecular complexity index is 633. The molecule has 2 aromatic rings. The third kappa shape index (κ3) is 3.01. The summed E-state index contributed by atoms with van der Waals surface area (Å²) in [5, 5.41) is 4.07. The van der Waals surface area contributed by atoms with Crippen molar-refractivity contribution in [2.45, 2.75) is 39.7 Å². The number of halogens is 1. The number of aryl methyl sites for hydroxylation is 1. The van der Waals surface area contributed by atoms with Crippen molar-refractivity contribution in [3.63, 3.8) is 0 Å². The molecule has 0 radical (unpaired) electrons. The number of hydrogen-bond donors (Lipinski definition) is 0. The Labute approximate surface area is 115 Å². The van der Waals surface area contributed by atoms with Crippen LogP contribution in [-0.4, -0.2) is 19.7 Å². The highest BCUT2D eigenvalue weighted by Gasteiger charge is 2.13. The van der Waals surface area contributed by atoms with Crippen LogP contribution in [0.5, 0.6) is 0 Å². The maximum absolute atomic E-state index is 11.9. The summed E-state index contributed by atoms with van der Waals surface area (Å²) in [5.74, 6) is 1.80. The molecule has 0 saturated carbocycles. The Balaban J connectivity index is 2.34. The fourth-order valence-electron chi connectivity index (χ4n) is 1.66. The topological polar surface area (TPSA) is 73.8 Å². The second-order valence-electron chi connectivity index (χ2n) is 4.47. The van der Waals surface area contributed by atoms with Gasteiger partial charge < -0.3 is 4.52 Å². The van der Waals surface area contributed by atoms with Gasteiger partial charge in [-0.2, -0.15) is 4.98 Å². The van der Waals surface area contributed by atoms with Crippen molar-refractivity contribution in [3.8, 4) is 0 Å². The van der Waals surface area contributed by atoms with Crippen molar-refractivity contribution < 1.29 is 4.52 Å². The normalized spacial score (nSPS) is 11.2. The van der Waals surface area contributed by atoms with Gasteiger partial charge in [0.2, 0.25) is 5.89 Å². The molecule has 0 bridgehead atoms. The Hall–Kier alpha value is -1.69. The van der Waals surface area contributed by atoms with Crippen LogP contribution >= 0.6 is 11.6 Å². The van der Waals surface area contributed by atoms with Crippen LogP contribution in [0.15, 0.2) is 15.4 Å². The molecule has 2 heterocycles. The quantitative estimate of drug-likeness (QED) is 0.802. The molecule has 0 unspecified atom stereocenters. The lowest BCUT2D eigenvalue weighted by Gasteiger charge is -2.07. The summed E-state index contributed by atoms with van der Waals surface area (Å²) in [4.78, 5) is 20.3. The van der Waals surface area contributed by atoms with Gasteiger partial charge >= 0.3 is 0 Å². The SMILES string of the molecule is CCc1nc(Cl)cc(=O)n1Cc1nc(C(C)C)no1. The summed E-state index contributed by atoms with van der Waals surface area (Å²) in [5.41, 5.74) is -0.221. The van der Waals surface area contributed by atoms with Gasteiger partial charge in [0.15, 0.2) is 5.82 Å². The molecule has 7 heteroatoms. The number of nitrogens with zero attached hydrogens (tertiary/aromatic N) is 4. The Morgan fingerprint density at radius 3 is 2.74 bits per heavy atom. The van der Waals surface area contributed by atoms with Gasteiger partial charge in [0.05, 0.1) is 0 Å². The minimum Gasteiger partial charge on any atom is -0.337 e. The molecule has 6 nitrogen and oxygen atoms in total. The van der Waals surface area contributed by atoms with Crippen molar-refractivity contribution in [1.29, 1.82) is 0 Å². The zero-order valence-electron chi connectivity index (χ0n) is 11.1. The molecular weight excluding hydrogens is 268 g/mol. The first-order chi connectivity index (χ1) is 9.01. The van der Waals surface area contributed by atoms with E-state index in [2.05, 4.69) is 15.1 Å². The highest BCUT2D eigenvalue weighted by Crippen LogP contribution is 2.11. The van der Waals surface area contributed by atoms with E-state index < -0.39 is 0 Å². The average molecular weight is 283 g/mol. The fourth-order valence-corrected chi connectivity index (χ4v) is 1.85. The first-order valence-corrected chi connectivity index (χ1v) is 6.47. The van der Waals surface area contributed by atoms with Crippen molar-refractivity contribution >= 4 is 11.6 Å². The van der Waals surface area contributed by atoms with Crippen LogP contribution in [0.2, 0.25) is 5.15 Å². The summed E-state index contributed by atoms with van der Waals surface area (Å²) in [7, 11) is 0. The van der Waals surface area contributed by atoms with Crippen LogP contribution in [0.25, 0.3) is 0 Å². The van der Waals surface area contributed by atoms with Crippen molar-refractivity contribution in [2.75, 3.05) is 0 Å². The van der Waals surface area contributed by atoms with E-state index in [1.165, 1.54) is 10.6 Å². The van der Waals surface area contributed by atoms with Crippen LogP contribution in [0.1, 0.15) is 44.2 Å². The van der Waals surface area contributed by atoms with Gasteiger partial charge in [0.25, 0.3) is 5.56 Å². The lowest BCUT2D eigenvalue weighted by atomic mass is 10.2. The molecule has 0 N–H and O–H groups in total. The second kappa shape index (κ2) is 5.52. The predicted octanol–water partition coefficient (Wildman–Crippen LogP) is 2.01. The molecule has 0 aliphatic heterocycles. The Morgan fingerprint density at radius 2 is 2.16 bits per heavy atom. The monoisotopic (exact) mass is 282 g/mol. The standard InChI is InChI=1S/C12H15ClN4O2/c1-4-9-14-8(13)5-11(18)17(9)6-10-15-12(7(2)3)16-19-10/h5,7H,4,6H2,1-3H3. The summed E-state index contributed by atoms with van der Waals surface area (Å²) in [6.45, 7) is 6.07. The van der Waals surface area contributed by atoms with E-state index >= 15 is 0 Å². The molecule has 0 aromatic carbocycles. The van der Waals surface area contributed by atoms with Crippen LogP contribution < -0.4 is 5.56 Å². The Morgan fingerprint density at radius 1 is 1.42 bits per heavy atom. The molecular formula is C12H15ClN4O2. The molecule has 0 aliphatic carbocycles. The van der Waals surface area contributed by atoms with Gasteiger partial charge in [-0.25, -0.2) is 4.98 Å². The first-order valence-electron chi connectivity index (χ1n) is 6.10. The predicted molar refractivity (Wildman–Crippen MR) is 70.4 cm³/mol. The summed E-state index contributed by atoms with van der Waals surface area (Å²) in [6, 6.07) is 1.28. The molecule has 0 aliphatic rings. The molecule has 2 aromatic heterocycles. The highest BCUT2D eigenvalue weighted by atomic mass is 35.5. The van der Waals surface area contributed by atoms with Gasteiger partial charge in [-0.3, -0.25) is 9.36 Å². The van der Waals surface area contributed by atoms with E-state index in [9.17, 15) is 4.79 Å². The average Bonchev–Trinajstić information content (AvgIpc) is 2.81. The maximum atomic E-state index is 11.9. The lowest BCUT2D eigenvalue weighted by Crippen LogP contribution is -2.25. The van der Waals surface area contributed by atoms with E-state index in [-0.39, 0.29) is 23.2 Å².